The molecule has 0 amide bonds. The molecule has 0 atom stereocenters. The summed E-state index contributed by atoms with van der Waals surface area (Å²) in [6.45, 7) is 0.899. The van der Waals surface area contributed by atoms with Gasteiger partial charge in [0, 0.05) is 23.4 Å². The van der Waals surface area contributed by atoms with Crippen LogP contribution in [0.15, 0.2) is 40.5 Å². The Labute approximate surface area is 107 Å². The van der Waals surface area contributed by atoms with Gasteiger partial charge in [0.25, 0.3) is 5.56 Å². The summed E-state index contributed by atoms with van der Waals surface area (Å²) < 4.78 is 2.16. The highest BCUT2D eigenvalue weighted by Gasteiger charge is 2.20. The highest BCUT2D eigenvalue weighted by molar-refractivity contribution is 7.10. The average molecular weight is 254 g/mol. The van der Waals surface area contributed by atoms with E-state index in [1.165, 1.54) is 4.88 Å². The zero-order chi connectivity index (χ0) is 12.1. The van der Waals surface area contributed by atoms with Crippen LogP contribution in [-0.4, -0.2) is 9.55 Å². The lowest BCUT2D eigenvalue weighted by molar-refractivity contribution is 0.696. The van der Waals surface area contributed by atoms with Crippen molar-refractivity contribution in [3.63, 3.8) is 0 Å². The maximum atomic E-state index is 12.1. The Morgan fingerprint density at radius 1 is 1.22 bits per heavy atom. The molecule has 0 bridgehead atoms. The second-order valence-electron chi connectivity index (χ2n) is 4.42. The summed E-state index contributed by atoms with van der Waals surface area (Å²) in [6, 6.07) is 9.77. The van der Waals surface area contributed by atoms with Gasteiger partial charge in [-0.1, -0.05) is 12.1 Å². The van der Waals surface area contributed by atoms with E-state index < -0.39 is 0 Å². The molecule has 0 radical (unpaired) electrons. The highest BCUT2D eigenvalue weighted by atomic mass is 32.1. The van der Waals surface area contributed by atoms with Crippen molar-refractivity contribution < 1.29 is 0 Å². The van der Waals surface area contributed by atoms with Crippen LogP contribution >= 0.6 is 11.3 Å². The molecule has 18 heavy (non-hydrogen) atoms. The molecule has 0 fully saturated rings. The van der Waals surface area contributed by atoms with Crippen LogP contribution in [0, 0.1) is 0 Å². The van der Waals surface area contributed by atoms with Crippen molar-refractivity contribution in [2.75, 3.05) is 0 Å². The smallest absolute Gasteiger partial charge is 0.281 e. The fraction of sp³-hybridized carbons (Fsp3) is 0.143. The van der Waals surface area contributed by atoms with Gasteiger partial charge >= 0.3 is 0 Å². The van der Waals surface area contributed by atoms with Crippen LogP contribution in [0.5, 0.6) is 0 Å². The van der Waals surface area contributed by atoms with Crippen LogP contribution in [0.4, 0.5) is 0 Å². The number of rotatable bonds is 0. The van der Waals surface area contributed by atoms with Gasteiger partial charge in [-0.2, -0.15) is 4.98 Å². The lowest BCUT2D eigenvalue weighted by Crippen LogP contribution is -2.20. The Kier molecular flexibility index (Phi) is 1.96. The zero-order valence-corrected chi connectivity index (χ0v) is 10.4. The molecule has 3 nitrogen and oxygen atoms in total. The molecule has 3 heterocycles. The number of nitrogens with zero attached hydrogens (tertiary/aromatic N) is 2. The maximum Gasteiger partial charge on any atom is 0.281 e. The fourth-order valence-electron chi connectivity index (χ4n) is 2.60. The number of fused-ring (bicyclic) bond motifs is 5. The van der Waals surface area contributed by atoms with Gasteiger partial charge in [-0.25, -0.2) is 0 Å². The predicted molar refractivity (Wildman–Crippen MR) is 73.0 cm³/mol. The van der Waals surface area contributed by atoms with Crippen LogP contribution in [0.2, 0.25) is 0 Å². The van der Waals surface area contributed by atoms with Gasteiger partial charge in [0.1, 0.15) is 5.82 Å². The SMILES string of the molecule is O=c1nc2n(c3ccccc13)CCc1sccc1-2. The minimum absolute atomic E-state index is 0.129. The van der Waals surface area contributed by atoms with Gasteiger partial charge in [0.05, 0.1) is 10.9 Å². The monoisotopic (exact) mass is 254 g/mol. The molecule has 1 aliphatic heterocycles. The molecule has 4 heteroatoms. The Balaban J connectivity index is 2.19. The topological polar surface area (TPSA) is 34.9 Å². The summed E-state index contributed by atoms with van der Waals surface area (Å²) in [7, 11) is 0. The molecule has 0 unspecified atom stereocenters. The Bertz CT molecular complexity index is 816. The molecule has 0 saturated heterocycles. The zero-order valence-electron chi connectivity index (χ0n) is 9.59. The summed E-state index contributed by atoms with van der Waals surface area (Å²) in [5.41, 5.74) is 1.98. The first kappa shape index (κ1) is 10.0. The minimum Gasteiger partial charge on any atom is -0.325 e. The number of hydrogen-bond donors (Lipinski definition) is 0. The van der Waals surface area contributed by atoms with Crippen molar-refractivity contribution >= 4 is 22.2 Å². The normalized spacial score (nSPS) is 13.3. The van der Waals surface area contributed by atoms with Gasteiger partial charge in [-0.3, -0.25) is 4.79 Å². The van der Waals surface area contributed by atoms with Crippen LogP contribution in [-0.2, 0) is 13.0 Å². The maximum absolute atomic E-state index is 12.1. The van der Waals surface area contributed by atoms with Crippen LogP contribution in [0.3, 0.4) is 0 Å². The van der Waals surface area contributed by atoms with E-state index in [0.29, 0.717) is 5.39 Å². The minimum atomic E-state index is -0.129. The summed E-state index contributed by atoms with van der Waals surface area (Å²) in [4.78, 5) is 17.7. The van der Waals surface area contributed by atoms with Crippen molar-refractivity contribution in [2.24, 2.45) is 0 Å². The largest absolute Gasteiger partial charge is 0.325 e. The molecule has 1 aromatic carbocycles. The lowest BCUT2D eigenvalue weighted by atomic mass is 10.1. The van der Waals surface area contributed by atoms with Crippen molar-refractivity contribution in [1.82, 2.24) is 9.55 Å². The summed E-state index contributed by atoms with van der Waals surface area (Å²) in [5, 5.41) is 2.78. The van der Waals surface area contributed by atoms with E-state index in [2.05, 4.69) is 21.0 Å². The molecule has 0 saturated carbocycles. The van der Waals surface area contributed by atoms with Crippen molar-refractivity contribution in [3.8, 4) is 11.4 Å². The van der Waals surface area contributed by atoms with Crippen molar-refractivity contribution in [2.45, 2.75) is 13.0 Å². The summed E-state index contributed by atoms with van der Waals surface area (Å²) in [6.07, 6.45) is 1.02. The van der Waals surface area contributed by atoms with Crippen molar-refractivity contribution in [1.29, 1.82) is 0 Å². The van der Waals surface area contributed by atoms with Gasteiger partial charge in [0.2, 0.25) is 0 Å². The second kappa shape index (κ2) is 3.53. The first-order valence-corrected chi connectivity index (χ1v) is 6.79. The number of hydrogen-bond acceptors (Lipinski definition) is 3. The Morgan fingerprint density at radius 2 is 2.11 bits per heavy atom. The standard InChI is InChI=1S/C14H10N2OS/c17-14-9-3-1-2-4-11(9)16-7-5-12-10(6-8-18-12)13(16)15-14/h1-4,6,8H,5,7H2. The molecule has 4 rings (SSSR count). The van der Waals surface area contributed by atoms with Gasteiger partial charge < -0.3 is 4.57 Å². The summed E-state index contributed by atoms with van der Waals surface area (Å²) >= 11 is 1.74. The first-order chi connectivity index (χ1) is 8.84. The molecule has 0 N–H and O–H groups in total. The molecule has 1 aliphatic rings. The Hall–Kier alpha value is -1.94. The Morgan fingerprint density at radius 3 is 3.06 bits per heavy atom. The van der Waals surface area contributed by atoms with Crippen molar-refractivity contribution in [3.05, 3.63) is 50.9 Å². The van der Waals surface area contributed by atoms with Gasteiger partial charge in [0.15, 0.2) is 0 Å². The third-order valence-corrected chi connectivity index (χ3v) is 4.42. The summed E-state index contributed by atoms with van der Waals surface area (Å²) in [5.74, 6) is 0.821. The number of thiophene rings is 1. The van der Waals surface area contributed by atoms with Crippen LogP contribution < -0.4 is 5.56 Å². The molecule has 0 aliphatic carbocycles. The molecule has 0 spiro atoms. The molecular weight excluding hydrogens is 244 g/mol. The van der Waals surface area contributed by atoms with E-state index >= 15 is 0 Å². The lowest BCUT2D eigenvalue weighted by Gasteiger charge is -2.20. The van der Waals surface area contributed by atoms with Crippen LogP contribution in [0.1, 0.15) is 4.88 Å². The van der Waals surface area contributed by atoms with E-state index in [0.717, 1.165) is 29.9 Å². The van der Waals surface area contributed by atoms with E-state index in [4.69, 9.17) is 0 Å². The number of aromatic nitrogens is 2. The first-order valence-electron chi connectivity index (χ1n) is 5.91. The molecule has 2 aromatic heterocycles. The average Bonchev–Trinajstić information content (AvgIpc) is 2.88. The quantitative estimate of drug-likeness (QED) is 0.618. The van der Waals surface area contributed by atoms with E-state index in [-0.39, 0.29) is 5.56 Å². The number of benzene rings is 1. The molecular formula is C14H10N2OS. The molecule has 88 valence electrons. The predicted octanol–water partition coefficient (Wildman–Crippen LogP) is 2.68. The van der Waals surface area contributed by atoms with Crippen LogP contribution in [0.25, 0.3) is 22.3 Å². The third kappa shape index (κ3) is 1.24. The van der Waals surface area contributed by atoms with E-state index in [1.807, 2.05) is 24.3 Å². The number of aryl methyl sites for hydroxylation is 2. The second-order valence-corrected chi connectivity index (χ2v) is 5.42. The van der Waals surface area contributed by atoms with Gasteiger partial charge in [-0.05, 0) is 23.6 Å². The third-order valence-electron chi connectivity index (χ3n) is 3.44. The highest BCUT2D eigenvalue weighted by Crippen LogP contribution is 2.32. The number of para-hydroxylation sites is 1. The van der Waals surface area contributed by atoms with Gasteiger partial charge in [-0.15, -0.1) is 11.3 Å². The fourth-order valence-corrected chi connectivity index (χ4v) is 3.46. The van der Waals surface area contributed by atoms with E-state index in [1.54, 1.807) is 11.3 Å². The molecule has 3 aromatic rings. The van der Waals surface area contributed by atoms with E-state index in [9.17, 15) is 4.79 Å².